The van der Waals surface area contributed by atoms with Gasteiger partial charge >= 0.3 is 0 Å². The Labute approximate surface area is 156 Å². The molecule has 0 atom stereocenters. The molecule has 3 aromatic rings. The molecule has 2 heterocycles. The highest BCUT2D eigenvalue weighted by Crippen LogP contribution is 2.16. The van der Waals surface area contributed by atoms with E-state index >= 15 is 0 Å². The number of nitrogens with one attached hydrogen (secondary N) is 3. The molecular formula is C20H19N5O2. The van der Waals surface area contributed by atoms with Gasteiger partial charge in [-0.1, -0.05) is 6.07 Å². The molecule has 2 aromatic heterocycles. The van der Waals surface area contributed by atoms with E-state index in [1.165, 1.54) is 13.1 Å². The molecule has 0 saturated heterocycles. The third-order valence-electron chi connectivity index (χ3n) is 3.66. The Morgan fingerprint density at radius 2 is 1.67 bits per heavy atom. The highest BCUT2D eigenvalue weighted by Gasteiger charge is 2.08. The van der Waals surface area contributed by atoms with E-state index in [2.05, 4.69) is 25.9 Å². The Bertz CT molecular complexity index is 927. The average molecular weight is 361 g/mol. The van der Waals surface area contributed by atoms with Crippen LogP contribution in [0.1, 0.15) is 23.0 Å². The Balaban J connectivity index is 1.62. The van der Waals surface area contributed by atoms with Crippen LogP contribution in [0.25, 0.3) is 0 Å². The van der Waals surface area contributed by atoms with Gasteiger partial charge in [-0.3, -0.25) is 19.6 Å². The molecule has 0 fully saturated rings. The fraction of sp³-hybridized carbons (Fsp3) is 0.100. The van der Waals surface area contributed by atoms with Gasteiger partial charge in [-0.15, -0.1) is 0 Å². The lowest BCUT2D eigenvalue weighted by Crippen LogP contribution is -2.13. The molecule has 2 amide bonds. The number of amides is 2. The highest BCUT2D eigenvalue weighted by molar-refractivity contribution is 6.04. The molecule has 0 radical (unpaired) electrons. The van der Waals surface area contributed by atoms with Crippen molar-refractivity contribution in [3.8, 4) is 0 Å². The van der Waals surface area contributed by atoms with Crippen molar-refractivity contribution in [3.63, 3.8) is 0 Å². The summed E-state index contributed by atoms with van der Waals surface area (Å²) in [6.45, 7) is 1.98. The lowest BCUT2D eigenvalue weighted by atomic mass is 10.2. The smallest absolute Gasteiger partial charge is 0.257 e. The third-order valence-corrected chi connectivity index (χ3v) is 3.66. The Morgan fingerprint density at radius 1 is 0.926 bits per heavy atom. The number of pyridine rings is 2. The predicted octanol–water partition coefficient (Wildman–Crippen LogP) is 3.30. The number of hydrogen-bond acceptors (Lipinski definition) is 5. The summed E-state index contributed by atoms with van der Waals surface area (Å²) >= 11 is 0. The molecule has 27 heavy (non-hydrogen) atoms. The summed E-state index contributed by atoms with van der Waals surface area (Å²) in [6.07, 6.45) is 4.89. The molecule has 0 unspecified atom stereocenters. The fourth-order valence-corrected chi connectivity index (χ4v) is 2.40. The van der Waals surface area contributed by atoms with Crippen LogP contribution in [0.15, 0.2) is 67.1 Å². The topological polar surface area (TPSA) is 96.0 Å². The molecule has 0 aliphatic carbocycles. The maximum absolute atomic E-state index is 12.4. The second-order valence-electron chi connectivity index (χ2n) is 5.85. The van der Waals surface area contributed by atoms with Crippen LogP contribution in [0.4, 0.5) is 17.1 Å². The summed E-state index contributed by atoms with van der Waals surface area (Å²) in [7, 11) is 0. The first-order valence-corrected chi connectivity index (χ1v) is 8.38. The van der Waals surface area contributed by atoms with Gasteiger partial charge in [-0.25, -0.2) is 0 Å². The largest absolute Gasteiger partial charge is 0.378 e. The van der Waals surface area contributed by atoms with Crippen LogP contribution in [0.2, 0.25) is 0 Å². The van der Waals surface area contributed by atoms with Crippen LogP contribution in [0, 0.1) is 0 Å². The minimum absolute atomic E-state index is 0.145. The van der Waals surface area contributed by atoms with Gasteiger partial charge in [-0.05, 0) is 42.5 Å². The van der Waals surface area contributed by atoms with Crippen LogP contribution in [-0.4, -0.2) is 21.8 Å². The second kappa shape index (κ2) is 8.57. The fourth-order valence-electron chi connectivity index (χ4n) is 2.40. The number of benzene rings is 1. The monoisotopic (exact) mass is 361 g/mol. The maximum Gasteiger partial charge on any atom is 0.257 e. The number of carbonyl (C=O) groups excluding carboxylic acids is 2. The number of aromatic nitrogens is 2. The van der Waals surface area contributed by atoms with Gasteiger partial charge in [0.15, 0.2) is 0 Å². The maximum atomic E-state index is 12.4. The van der Waals surface area contributed by atoms with Gasteiger partial charge in [0.2, 0.25) is 5.91 Å². The Hall–Kier alpha value is -3.74. The number of rotatable bonds is 6. The minimum Gasteiger partial charge on any atom is -0.378 e. The van der Waals surface area contributed by atoms with Crippen LogP contribution in [0.5, 0.6) is 0 Å². The summed E-state index contributed by atoms with van der Waals surface area (Å²) in [5.74, 6) is -0.413. The molecule has 7 nitrogen and oxygen atoms in total. The van der Waals surface area contributed by atoms with Gasteiger partial charge in [0.1, 0.15) is 0 Å². The average Bonchev–Trinajstić information content (AvgIpc) is 2.68. The Morgan fingerprint density at radius 3 is 2.33 bits per heavy atom. The molecule has 0 bridgehead atoms. The highest BCUT2D eigenvalue weighted by atomic mass is 16.2. The first-order valence-electron chi connectivity index (χ1n) is 8.38. The van der Waals surface area contributed by atoms with Gasteiger partial charge in [0.25, 0.3) is 5.91 Å². The summed E-state index contributed by atoms with van der Waals surface area (Å²) < 4.78 is 0. The first-order chi connectivity index (χ1) is 13.1. The molecular weight excluding hydrogens is 342 g/mol. The van der Waals surface area contributed by atoms with Crippen LogP contribution < -0.4 is 16.0 Å². The summed E-state index contributed by atoms with van der Waals surface area (Å²) in [6, 6.07) is 14.3. The number of carbonyl (C=O) groups is 2. The van der Waals surface area contributed by atoms with Crippen molar-refractivity contribution in [1.29, 1.82) is 0 Å². The van der Waals surface area contributed by atoms with Crippen molar-refractivity contribution in [2.24, 2.45) is 0 Å². The molecule has 0 aliphatic heterocycles. The van der Waals surface area contributed by atoms with Crippen LogP contribution >= 0.6 is 0 Å². The van der Waals surface area contributed by atoms with Gasteiger partial charge < -0.3 is 16.0 Å². The third kappa shape index (κ3) is 5.37. The lowest BCUT2D eigenvalue weighted by Gasteiger charge is -2.09. The lowest BCUT2D eigenvalue weighted by molar-refractivity contribution is -0.114. The van der Waals surface area contributed by atoms with E-state index in [4.69, 9.17) is 0 Å². The second-order valence-corrected chi connectivity index (χ2v) is 5.85. The zero-order valence-electron chi connectivity index (χ0n) is 14.8. The minimum atomic E-state index is -0.267. The first kappa shape index (κ1) is 18.1. The van der Waals surface area contributed by atoms with E-state index < -0.39 is 0 Å². The summed E-state index contributed by atoms with van der Waals surface area (Å²) in [5, 5.41) is 8.69. The van der Waals surface area contributed by atoms with E-state index in [9.17, 15) is 9.59 Å². The van der Waals surface area contributed by atoms with Gasteiger partial charge in [-0.2, -0.15) is 0 Å². The molecule has 7 heteroatoms. The standard InChI is InChI=1S/C20H19N5O2/c1-14(26)24-16-5-7-17(8-6-16)25-20(27)15-10-19(12-21-11-15)23-13-18-4-2-3-9-22-18/h2-12,23H,13H2,1H3,(H,24,26)(H,25,27). The van der Waals surface area contributed by atoms with Crippen molar-refractivity contribution in [2.75, 3.05) is 16.0 Å². The molecule has 136 valence electrons. The normalized spacial score (nSPS) is 10.1. The van der Waals surface area contributed by atoms with Crippen LogP contribution in [-0.2, 0) is 11.3 Å². The molecule has 0 saturated carbocycles. The number of anilines is 3. The summed E-state index contributed by atoms with van der Waals surface area (Å²) in [5.41, 5.74) is 3.36. The van der Waals surface area contributed by atoms with Gasteiger partial charge in [0.05, 0.1) is 23.5 Å². The zero-order chi connectivity index (χ0) is 19.1. The zero-order valence-corrected chi connectivity index (χ0v) is 14.8. The molecule has 0 aliphatic rings. The van der Waals surface area contributed by atoms with E-state index in [-0.39, 0.29) is 11.8 Å². The number of hydrogen-bond donors (Lipinski definition) is 3. The van der Waals surface area contributed by atoms with Crippen molar-refractivity contribution < 1.29 is 9.59 Å². The summed E-state index contributed by atoms with van der Waals surface area (Å²) in [4.78, 5) is 31.8. The molecule has 1 aromatic carbocycles. The SMILES string of the molecule is CC(=O)Nc1ccc(NC(=O)c2cncc(NCc3ccccn3)c2)cc1. The van der Waals surface area contributed by atoms with E-state index in [1.54, 1.807) is 42.7 Å². The van der Waals surface area contributed by atoms with Crippen molar-refractivity contribution in [2.45, 2.75) is 13.5 Å². The Kier molecular flexibility index (Phi) is 5.73. The predicted molar refractivity (Wildman–Crippen MR) is 104 cm³/mol. The molecule has 0 spiro atoms. The van der Waals surface area contributed by atoms with Crippen molar-refractivity contribution in [3.05, 3.63) is 78.4 Å². The van der Waals surface area contributed by atoms with E-state index in [0.29, 0.717) is 23.5 Å². The van der Waals surface area contributed by atoms with Gasteiger partial charge in [0, 0.05) is 36.9 Å². The van der Waals surface area contributed by atoms with E-state index in [1.807, 2.05) is 18.2 Å². The quantitative estimate of drug-likeness (QED) is 0.626. The molecule has 3 N–H and O–H groups in total. The van der Waals surface area contributed by atoms with Crippen molar-refractivity contribution >= 4 is 28.9 Å². The van der Waals surface area contributed by atoms with Crippen LogP contribution in [0.3, 0.4) is 0 Å². The molecule has 3 rings (SSSR count). The van der Waals surface area contributed by atoms with E-state index in [0.717, 1.165) is 11.4 Å². The number of nitrogens with zero attached hydrogens (tertiary/aromatic N) is 2. The van der Waals surface area contributed by atoms with Crippen molar-refractivity contribution in [1.82, 2.24) is 9.97 Å².